The molecule has 1 aliphatic rings. The Labute approximate surface area is 129 Å². The Morgan fingerprint density at radius 1 is 1.09 bits per heavy atom. The van der Waals surface area contributed by atoms with E-state index in [0.717, 1.165) is 5.56 Å². The third kappa shape index (κ3) is 2.77. The Morgan fingerprint density at radius 2 is 1.77 bits per heavy atom. The summed E-state index contributed by atoms with van der Waals surface area (Å²) < 4.78 is 38.3. The van der Waals surface area contributed by atoms with Crippen LogP contribution in [0.4, 0.5) is 0 Å². The van der Waals surface area contributed by atoms with E-state index in [-0.39, 0.29) is 11.7 Å². The molecular weight excluding hydrogens is 304 g/mol. The smallest absolute Gasteiger partial charge is 0.241 e. The van der Waals surface area contributed by atoms with Crippen molar-refractivity contribution < 1.29 is 17.9 Å². The Hall–Kier alpha value is -2.12. The lowest BCUT2D eigenvalue weighted by atomic mass is 9.97. The quantitative estimate of drug-likeness (QED) is 0.932. The van der Waals surface area contributed by atoms with Gasteiger partial charge in [-0.3, -0.25) is 4.98 Å². The van der Waals surface area contributed by atoms with E-state index in [4.69, 9.17) is 9.47 Å². The molecule has 0 saturated heterocycles. The summed E-state index contributed by atoms with van der Waals surface area (Å²) in [7, 11) is -3.69. The van der Waals surface area contributed by atoms with E-state index < -0.39 is 15.6 Å². The van der Waals surface area contributed by atoms with Crippen molar-refractivity contribution in [1.82, 2.24) is 9.71 Å². The molecule has 1 aromatic heterocycles. The molecule has 7 heteroatoms. The molecule has 0 atom stereocenters. The fraction of sp³-hybridized carbons (Fsp3) is 0.267. The molecule has 0 unspecified atom stereocenters. The summed E-state index contributed by atoms with van der Waals surface area (Å²) in [5, 5.41) is 0. The Bertz CT molecular complexity index is 788. The largest absolute Gasteiger partial charge is 0.454 e. The van der Waals surface area contributed by atoms with Gasteiger partial charge in [-0.25, -0.2) is 13.1 Å². The highest BCUT2D eigenvalue weighted by Crippen LogP contribution is 2.34. The van der Waals surface area contributed by atoms with Gasteiger partial charge in [0.15, 0.2) is 11.5 Å². The first kappa shape index (κ1) is 14.8. The Kier molecular flexibility index (Phi) is 3.54. The second kappa shape index (κ2) is 5.26. The number of hydrogen-bond acceptors (Lipinski definition) is 5. The number of ether oxygens (including phenoxy) is 2. The van der Waals surface area contributed by atoms with Crippen LogP contribution in [0.1, 0.15) is 19.4 Å². The van der Waals surface area contributed by atoms with Crippen LogP contribution in [0.2, 0.25) is 0 Å². The number of fused-ring (bicyclic) bond motifs is 1. The van der Waals surface area contributed by atoms with E-state index in [1.54, 1.807) is 44.4 Å². The second-order valence-corrected chi connectivity index (χ2v) is 7.16. The van der Waals surface area contributed by atoms with Crippen LogP contribution in [0.15, 0.2) is 47.6 Å². The molecule has 116 valence electrons. The Balaban J connectivity index is 1.90. The first-order valence-corrected chi connectivity index (χ1v) is 8.21. The molecule has 0 bridgehead atoms. The minimum atomic E-state index is -3.69. The molecule has 1 aromatic carbocycles. The lowest BCUT2D eigenvalue weighted by molar-refractivity contribution is 0.174. The molecule has 0 fully saturated rings. The summed E-state index contributed by atoms with van der Waals surface area (Å²) in [6, 6.07) is 8.12. The number of pyridine rings is 1. The molecule has 1 aliphatic heterocycles. The van der Waals surface area contributed by atoms with Crippen LogP contribution >= 0.6 is 0 Å². The summed E-state index contributed by atoms with van der Waals surface area (Å²) in [6.45, 7) is 3.70. The van der Waals surface area contributed by atoms with E-state index in [1.807, 2.05) is 0 Å². The fourth-order valence-corrected chi connectivity index (χ4v) is 3.68. The zero-order chi connectivity index (χ0) is 15.8. The summed E-state index contributed by atoms with van der Waals surface area (Å²) in [4.78, 5) is 4.08. The monoisotopic (exact) mass is 320 g/mol. The van der Waals surface area contributed by atoms with E-state index in [2.05, 4.69) is 9.71 Å². The van der Waals surface area contributed by atoms with Gasteiger partial charge in [-0.1, -0.05) is 0 Å². The Morgan fingerprint density at radius 3 is 2.50 bits per heavy atom. The van der Waals surface area contributed by atoms with Gasteiger partial charge in [0.05, 0.1) is 10.4 Å². The minimum Gasteiger partial charge on any atom is -0.454 e. The van der Waals surface area contributed by atoms with Crippen molar-refractivity contribution in [2.45, 2.75) is 24.3 Å². The predicted molar refractivity (Wildman–Crippen MR) is 80.1 cm³/mol. The van der Waals surface area contributed by atoms with Crippen LogP contribution in [0.25, 0.3) is 0 Å². The van der Waals surface area contributed by atoms with Gasteiger partial charge in [0.2, 0.25) is 16.8 Å². The maximum absolute atomic E-state index is 12.6. The summed E-state index contributed by atoms with van der Waals surface area (Å²) in [5.41, 5.74) is 0.0600. The van der Waals surface area contributed by atoms with Crippen molar-refractivity contribution in [1.29, 1.82) is 0 Å². The zero-order valence-electron chi connectivity index (χ0n) is 12.2. The molecule has 1 N–H and O–H groups in total. The number of rotatable bonds is 4. The number of nitrogens with one attached hydrogen (secondary N) is 1. The number of hydrogen-bond donors (Lipinski definition) is 1. The van der Waals surface area contributed by atoms with Gasteiger partial charge in [-0.15, -0.1) is 0 Å². The van der Waals surface area contributed by atoms with Gasteiger partial charge < -0.3 is 9.47 Å². The maximum Gasteiger partial charge on any atom is 0.241 e. The summed E-state index contributed by atoms with van der Waals surface area (Å²) in [6.07, 6.45) is 3.26. The van der Waals surface area contributed by atoms with Crippen molar-refractivity contribution in [2.75, 3.05) is 6.79 Å². The highest BCUT2D eigenvalue weighted by atomic mass is 32.2. The van der Waals surface area contributed by atoms with Crippen molar-refractivity contribution in [3.05, 3.63) is 48.3 Å². The van der Waals surface area contributed by atoms with Gasteiger partial charge in [-0.2, -0.15) is 0 Å². The lowest BCUT2D eigenvalue weighted by Gasteiger charge is -2.26. The molecule has 0 saturated carbocycles. The molecular formula is C15H16N2O4S. The minimum absolute atomic E-state index is 0.106. The van der Waals surface area contributed by atoms with Gasteiger partial charge in [0.1, 0.15) is 0 Å². The molecule has 0 spiro atoms. The first-order chi connectivity index (χ1) is 10.4. The molecule has 2 aromatic rings. The fourth-order valence-electron chi connectivity index (χ4n) is 2.27. The number of benzene rings is 1. The highest BCUT2D eigenvalue weighted by Gasteiger charge is 2.29. The zero-order valence-corrected chi connectivity index (χ0v) is 13.1. The van der Waals surface area contributed by atoms with Crippen LogP contribution < -0.4 is 14.2 Å². The van der Waals surface area contributed by atoms with Crippen LogP contribution in [0, 0.1) is 0 Å². The maximum atomic E-state index is 12.6. The lowest BCUT2D eigenvalue weighted by Crippen LogP contribution is -2.40. The molecule has 0 radical (unpaired) electrons. The van der Waals surface area contributed by atoms with Crippen molar-refractivity contribution in [3.63, 3.8) is 0 Å². The average molecular weight is 320 g/mol. The molecule has 0 amide bonds. The number of aromatic nitrogens is 1. The molecule has 6 nitrogen and oxygen atoms in total. The van der Waals surface area contributed by atoms with E-state index in [0.29, 0.717) is 11.5 Å². The van der Waals surface area contributed by atoms with E-state index in [9.17, 15) is 8.42 Å². The van der Waals surface area contributed by atoms with Crippen LogP contribution in [0.5, 0.6) is 11.5 Å². The van der Waals surface area contributed by atoms with Gasteiger partial charge in [-0.05, 0) is 43.7 Å². The van der Waals surface area contributed by atoms with Gasteiger partial charge >= 0.3 is 0 Å². The molecule has 2 heterocycles. The standard InChI is InChI=1S/C15H16N2O4S/c1-15(2,11-5-7-16-8-6-11)17-22(18,19)12-3-4-13-14(9-12)21-10-20-13/h3-9,17H,10H2,1-2H3. The highest BCUT2D eigenvalue weighted by molar-refractivity contribution is 7.89. The van der Waals surface area contributed by atoms with Gasteiger partial charge in [0.25, 0.3) is 0 Å². The second-order valence-electron chi connectivity index (χ2n) is 5.48. The third-order valence-corrected chi connectivity index (χ3v) is 5.10. The first-order valence-electron chi connectivity index (χ1n) is 6.73. The van der Waals surface area contributed by atoms with Gasteiger partial charge in [0, 0.05) is 18.5 Å². The third-order valence-electron chi connectivity index (χ3n) is 3.45. The topological polar surface area (TPSA) is 77.5 Å². The van der Waals surface area contributed by atoms with Crippen LogP contribution in [-0.2, 0) is 15.6 Å². The van der Waals surface area contributed by atoms with Crippen molar-refractivity contribution in [2.24, 2.45) is 0 Å². The summed E-state index contributed by atoms with van der Waals surface area (Å²) >= 11 is 0. The van der Waals surface area contributed by atoms with Crippen molar-refractivity contribution >= 4 is 10.0 Å². The number of sulfonamides is 1. The molecule has 3 rings (SSSR count). The van der Waals surface area contributed by atoms with Crippen LogP contribution in [0.3, 0.4) is 0 Å². The molecule has 22 heavy (non-hydrogen) atoms. The SMILES string of the molecule is CC(C)(NS(=O)(=O)c1ccc2c(c1)OCO2)c1ccncc1. The molecule has 0 aliphatic carbocycles. The van der Waals surface area contributed by atoms with E-state index in [1.165, 1.54) is 12.1 Å². The predicted octanol–water partition coefficient (Wildman–Crippen LogP) is 2.02. The van der Waals surface area contributed by atoms with E-state index >= 15 is 0 Å². The average Bonchev–Trinajstić information content (AvgIpc) is 2.94. The summed E-state index contributed by atoms with van der Waals surface area (Å²) in [5.74, 6) is 0.983. The number of nitrogens with zero attached hydrogens (tertiary/aromatic N) is 1. The van der Waals surface area contributed by atoms with Crippen molar-refractivity contribution in [3.8, 4) is 11.5 Å². The van der Waals surface area contributed by atoms with Crippen LogP contribution in [-0.4, -0.2) is 20.2 Å². The normalized spacial score (nSPS) is 14.1.